The maximum Gasteiger partial charge on any atom is 0.0692 e. The van der Waals surface area contributed by atoms with E-state index in [-0.39, 0.29) is 0 Å². The molecule has 7 heavy (non-hydrogen) atoms. The Hall–Kier alpha value is 1.07. The van der Waals surface area contributed by atoms with Crippen LogP contribution in [-0.4, -0.2) is 10.6 Å². The lowest BCUT2D eigenvalue weighted by Gasteiger charge is -2.13. The third-order valence-corrected chi connectivity index (χ3v) is 5.62. The summed E-state index contributed by atoms with van der Waals surface area (Å²) in [4.78, 5) is 0. The van der Waals surface area contributed by atoms with E-state index in [2.05, 4.69) is 27.7 Å². The number of thiol groups is 2. The van der Waals surface area contributed by atoms with Gasteiger partial charge in [-0.1, -0.05) is 8.09 Å². The summed E-state index contributed by atoms with van der Waals surface area (Å²) in [6.45, 7) is 0. The minimum atomic E-state index is -0.986. The molecule has 0 saturated heterocycles. The first-order valence-electron chi connectivity index (χ1n) is 1.62. The minimum absolute atomic E-state index is 0.958. The summed E-state index contributed by atoms with van der Waals surface area (Å²) in [6.07, 6.45) is 0. The Kier molecular flexibility index (Phi) is 1.88. The van der Waals surface area contributed by atoms with Gasteiger partial charge in [0.05, 0.1) is 10.6 Å². The lowest BCUT2D eigenvalue weighted by Crippen LogP contribution is -1.75. The molecule has 0 N–H and O–H groups in total. The fraction of sp³-hybridized carbons (Fsp3) is 0.500. The highest BCUT2D eigenvalue weighted by Gasteiger charge is 2.15. The monoisotopic (exact) mass is 171 g/mol. The molecule has 0 saturated carbocycles. The summed E-state index contributed by atoms with van der Waals surface area (Å²) in [5.74, 6) is 0. The molecule has 0 aromatic carbocycles. The summed E-state index contributed by atoms with van der Waals surface area (Å²) in [6, 6.07) is 0. The Bertz CT molecular complexity index is 97.9. The van der Waals surface area contributed by atoms with Crippen LogP contribution in [0.5, 0.6) is 0 Å². The third kappa shape index (κ3) is 1.79. The van der Waals surface area contributed by atoms with E-state index in [0.29, 0.717) is 0 Å². The molecule has 1 aliphatic rings. The lowest BCUT2D eigenvalue weighted by atomic mass is 11.7. The Labute approximate surface area is 58.4 Å². The average molecular weight is 171 g/mol. The highest BCUT2D eigenvalue weighted by Crippen LogP contribution is 2.60. The second-order valence-electron chi connectivity index (χ2n) is 1.18. The molecule has 0 spiro atoms. The maximum absolute atomic E-state index is 4.23. The van der Waals surface area contributed by atoms with E-state index >= 15 is 0 Å². The smallest absolute Gasteiger partial charge is 0.0692 e. The SMILES string of the molecule is SS1(S)C=NSC1. The van der Waals surface area contributed by atoms with Gasteiger partial charge in [0, 0.05) is 0 Å². The molecule has 0 radical (unpaired) electrons. The Balaban J connectivity index is 2.57. The van der Waals surface area contributed by atoms with Gasteiger partial charge >= 0.3 is 0 Å². The van der Waals surface area contributed by atoms with Crippen LogP contribution in [-0.2, 0) is 0 Å². The molecule has 0 bridgehead atoms. The normalized spacial score (nSPS) is 30.6. The van der Waals surface area contributed by atoms with Crippen molar-refractivity contribution in [2.24, 2.45) is 4.40 Å². The standard InChI is InChI=1S/C2H5NS4/c4-7(5)1-3-6-2-7/h1,4-5H,2H2. The lowest BCUT2D eigenvalue weighted by molar-refractivity contribution is 2.02. The molecule has 5 heteroatoms. The van der Waals surface area contributed by atoms with E-state index < -0.39 is 8.09 Å². The van der Waals surface area contributed by atoms with Crippen LogP contribution in [0.2, 0.25) is 0 Å². The van der Waals surface area contributed by atoms with Crippen molar-refractivity contribution in [2.75, 3.05) is 5.08 Å². The van der Waals surface area contributed by atoms with Crippen molar-refractivity contribution in [2.45, 2.75) is 0 Å². The third-order valence-electron chi connectivity index (χ3n) is 0.513. The van der Waals surface area contributed by atoms with E-state index in [0.717, 1.165) is 5.08 Å². The largest absolute Gasteiger partial charge is 0.217 e. The molecular weight excluding hydrogens is 166 g/mol. The first-order chi connectivity index (χ1) is 3.21. The van der Waals surface area contributed by atoms with Crippen LogP contribution >= 0.6 is 43.4 Å². The summed E-state index contributed by atoms with van der Waals surface area (Å²) < 4.78 is 3.91. The van der Waals surface area contributed by atoms with Crippen molar-refractivity contribution in [1.82, 2.24) is 0 Å². The predicted octanol–water partition coefficient (Wildman–Crippen LogP) is 2.13. The van der Waals surface area contributed by atoms with Gasteiger partial charge < -0.3 is 0 Å². The van der Waals surface area contributed by atoms with Crippen LogP contribution in [0.25, 0.3) is 0 Å². The zero-order chi connectivity index (χ0) is 5.33. The van der Waals surface area contributed by atoms with Gasteiger partial charge in [0.2, 0.25) is 0 Å². The Morgan fingerprint density at radius 1 is 1.71 bits per heavy atom. The van der Waals surface area contributed by atoms with Gasteiger partial charge in [0.25, 0.3) is 0 Å². The van der Waals surface area contributed by atoms with Crippen LogP contribution in [0.4, 0.5) is 0 Å². The molecule has 1 heterocycles. The molecule has 0 atom stereocenters. The van der Waals surface area contributed by atoms with Crippen molar-refractivity contribution in [3.05, 3.63) is 0 Å². The fourth-order valence-electron chi connectivity index (χ4n) is 0.238. The number of hydrogen-bond donors (Lipinski definition) is 2. The summed E-state index contributed by atoms with van der Waals surface area (Å²) >= 11 is 9.99. The van der Waals surface area contributed by atoms with E-state index in [9.17, 15) is 0 Å². The summed E-state index contributed by atoms with van der Waals surface area (Å²) in [5, 5.41) is 0.958. The van der Waals surface area contributed by atoms with Gasteiger partial charge in [0.15, 0.2) is 0 Å². The zero-order valence-corrected chi connectivity index (χ0v) is 6.86. The average Bonchev–Trinajstić information content (AvgIpc) is 1.84. The van der Waals surface area contributed by atoms with Crippen LogP contribution in [0.3, 0.4) is 0 Å². The molecule has 0 aromatic rings. The molecule has 0 fully saturated rings. The molecule has 1 aliphatic heterocycles. The molecular formula is C2H5NS4. The molecule has 0 amide bonds. The Morgan fingerprint density at radius 3 is 2.57 bits per heavy atom. The number of nitrogens with zero attached hydrogens (tertiary/aromatic N) is 1. The van der Waals surface area contributed by atoms with Crippen LogP contribution in [0.15, 0.2) is 4.40 Å². The van der Waals surface area contributed by atoms with Crippen molar-refractivity contribution in [1.29, 1.82) is 0 Å². The van der Waals surface area contributed by atoms with Gasteiger partial charge in [-0.3, -0.25) is 0 Å². The quantitative estimate of drug-likeness (QED) is 0.323. The van der Waals surface area contributed by atoms with Gasteiger partial charge in [-0.05, 0) is 11.9 Å². The van der Waals surface area contributed by atoms with Crippen molar-refractivity contribution in [3.63, 3.8) is 0 Å². The molecule has 0 aliphatic carbocycles. The molecule has 1 rings (SSSR count). The van der Waals surface area contributed by atoms with Crippen LogP contribution < -0.4 is 0 Å². The topological polar surface area (TPSA) is 12.4 Å². The number of rotatable bonds is 0. The highest BCUT2D eigenvalue weighted by molar-refractivity contribution is 9.23. The summed E-state index contributed by atoms with van der Waals surface area (Å²) in [5.41, 5.74) is 1.82. The van der Waals surface area contributed by atoms with Crippen LogP contribution in [0, 0.1) is 0 Å². The first-order valence-corrected chi connectivity index (χ1v) is 6.53. The van der Waals surface area contributed by atoms with Crippen molar-refractivity contribution < 1.29 is 0 Å². The molecule has 0 aromatic heterocycles. The highest BCUT2D eigenvalue weighted by atomic mass is 33.5. The van der Waals surface area contributed by atoms with Gasteiger partial charge in [-0.25, -0.2) is 4.40 Å². The molecule has 1 nitrogen and oxygen atoms in total. The zero-order valence-electron chi connectivity index (χ0n) is 3.44. The van der Waals surface area contributed by atoms with Gasteiger partial charge in [-0.2, -0.15) is 0 Å². The predicted molar refractivity (Wildman–Crippen MR) is 46.5 cm³/mol. The maximum atomic E-state index is 4.23. The first kappa shape index (κ1) is 6.19. The van der Waals surface area contributed by atoms with E-state index in [1.165, 1.54) is 11.9 Å². The van der Waals surface area contributed by atoms with E-state index in [1.54, 1.807) is 0 Å². The van der Waals surface area contributed by atoms with E-state index in [4.69, 9.17) is 0 Å². The van der Waals surface area contributed by atoms with Gasteiger partial charge in [-0.15, -0.1) is 23.3 Å². The minimum Gasteiger partial charge on any atom is -0.217 e. The second-order valence-corrected chi connectivity index (χ2v) is 9.01. The van der Waals surface area contributed by atoms with Crippen LogP contribution in [0.1, 0.15) is 0 Å². The van der Waals surface area contributed by atoms with Gasteiger partial charge in [0.1, 0.15) is 0 Å². The number of hydrogen-bond acceptors (Lipinski definition) is 4. The van der Waals surface area contributed by atoms with E-state index in [1.807, 2.05) is 5.55 Å². The Morgan fingerprint density at radius 2 is 2.43 bits per heavy atom. The summed E-state index contributed by atoms with van der Waals surface area (Å²) in [7, 11) is -0.986. The fourth-order valence-corrected chi connectivity index (χ4v) is 3.68. The van der Waals surface area contributed by atoms with Crippen molar-refractivity contribution >= 4 is 48.9 Å². The second kappa shape index (κ2) is 2.13. The molecule has 42 valence electrons. The molecule has 0 unspecified atom stereocenters. The van der Waals surface area contributed by atoms with Crippen molar-refractivity contribution in [3.8, 4) is 0 Å².